The first-order valence-electron chi connectivity index (χ1n) is 15.0. The average molecular weight is 544 g/mol. The molecule has 1 amide bonds. The summed E-state index contributed by atoms with van der Waals surface area (Å²) >= 11 is 0. The van der Waals surface area contributed by atoms with E-state index in [4.69, 9.17) is 0 Å². The molecule has 0 spiro atoms. The van der Waals surface area contributed by atoms with Crippen molar-refractivity contribution in [3.8, 4) is 0 Å². The van der Waals surface area contributed by atoms with Gasteiger partial charge in [-0.1, -0.05) is 115 Å². The number of nitrogens with one attached hydrogen (secondary N) is 1. The zero-order chi connectivity index (χ0) is 27.6. The molecule has 3 N–H and O–H groups in total. The molecule has 0 aliphatic rings. The highest BCUT2D eigenvalue weighted by molar-refractivity contribution is 7.85. The highest BCUT2D eigenvalue weighted by Gasteiger charge is 2.24. The van der Waals surface area contributed by atoms with E-state index in [0.29, 0.717) is 0 Å². The monoisotopic (exact) mass is 543 g/mol. The molecular formula is C30H57NO5S. The molecule has 0 aliphatic heterocycles. The number of amides is 1. The van der Waals surface area contributed by atoms with Crippen molar-refractivity contribution < 1.29 is 22.9 Å². The molecule has 0 aromatic carbocycles. The Balaban J connectivity index is 4.11. The number of rotatable bonds is 26. The van der Waals surface area contributed by atoms with Gasteiger partial charge < -0.3 is 10.4 Å². The van der Waals surface area contributed by atoms with Gasteiger partial charge in [-0.25, -0.2) is 0 Å². The molecule has 0 heterocycles. The van der Waals surface area contributed by atoms with Crippen LogP contribution in [-0.4, -0.2) is 41.9 Å². The summed E-state index contributed by atoms with van der Waals surface area (Å²) in [6, 6.07) is -1.05. The molecule has 0 aliphatic carbocycles. The van der Waals surface area contributed by atoms with Crippen molar-refractivity contribution in [2.75, 3.05) is 5.75 Å². The van der Waals surface area contributed by atoms with Gasteiger partial charge in [0, 0.05) is 6.42 Å². The van der Waals surface area contributed by atoms with E-state index in [2.05, 4.69) is 31.3 Å². The van der Waals surface area contributed by atoms with E-state index in [9.17, 15) is 22.9 Å². The van der Waals surface area contributed by atoms with Crippen LogP contribution in [0.1, 0.15) is 142 Å². The Bertz CT molecular complexity index is 690. The molecule has 0 saturated carbocycles. The third-order valence-electron chi connectivity index (χ3n) is 6.62. The minimum absolute atomic E-state index is 0.286. The largest absolute Gasteiger partial charge is 0.387 e. The maximum absolute atomic E-state index is 12.3. The second kappa shape index (κ2) is 25.1. The molecule has 37 heavy (non-hydrogen) atoms. The molecular weight excluding hydrogens is 486 g/mol. The van der Waals surface area contributed by atoms with E-state index < -0.39 is 28.0 Å². The van der Waals surface area contributed by atoms with Crippen LogP contribution in [-0.2, 0) is 14.9 Å². The van der Waals surface area contributed by atoms with Crippen molar-refractivity contribution in [3.63, 3.8) is 0 Å². The van der Waals surface area contributed by atoms with Crippen molar-refractivity contribution in [3.05, 3.63) is 24.3 Å². The lowest BCUT2D eigenvalue weighted by Crippen LogP contribution is -2.46. The Hall–Kier alpha value is -1.18. The Morgan fingerprint density at radius 2 is 1.14 bits per heavy atom. The van der Waals surface area contributed by atoms with Crippen LogP contribution in [0.5, 0.6) is 0 Å². The lowest BCUT2D eigenvalue weighted by Gasteiger charge is -2.21. The Morgan fingerprint density at radius 1 is 0.703 bits per heavy atom. The van der Waals surface area contributed by atoms with Gasteiger partial charge in [-0.2, -0.15) is 8.42 Å². The number of allylic oxidation sites excluding steroid dienone is 3. The second-order valence-electron chi connectivity index (χ2n) is 10.4. The van der Waals surface area contributed by atoms with Gasteiger partial charge in [-0.05, 0) is 44.9 Å². The molecule has 218 valence electrons. The van der Waals surface area contributed by atoms with E-state index in [-0.39, 0.29) is 12.3 Å². The third-order valence-corrected chi connectivity index (χ3v) is 7.40. The van der Waals surface area contributed by atoms with Crippen molar-refractivity contribution in [2.24, 2.45) is 0 Å². The molecule has 0 rings (SSSR count). The van der Waals surface area contributed by atoms with Crippen LogP contribution in [0.3, 0.4) is 0 Å². The van der Waals surface area contributed by atoms with Gasteiger partial charge in [0.2, 0.25) is 5.91 Å². The smallest absolute Gasteiger partial charge is 0.267 e. The predicted octanol–water partition coefficient (Wildman–Crippen LogP) is 7.67. The van der Waals surface area contributed by atoms with Crippen molar-refractivity contribution in [2.45, 2.75) is 154 Å². The molecule has 0 saturated heterocycles. The zero-order valence-electron chi connectivity index (χ0n) is 23.8. The van der Waals surface area contributed by atoms with E-state index in [1.165, 1.54) is 70.3 Å². The summed E-state index contributed by atoms with van der Waals surface area (Å²) in [4.78, 5) is 12.3. The van der Waals surface area contributed by atoms with Crippen molar-refractivity contribution in [1.29, 1.82) is 0 Å². The number of aliphatic hydroxyl groups excluding tert-OH is 1. The SMILES string of the molecule is CCCCCC/C=C\CCCCCCCC(=O)NC(CS(=O)(=O)O)C(O)/C=C/CCCCCCCCC. The molecule has 0 radical (unpaired) electrons. The number of hydrogen-bond acceptors (Lipinski definition) is 4. The first-order valence-corrected chi connectivity index (χ1v) is 16.6. The van der Waals surface area contributed by atoms with Gasteiger partial charge in [0.25, 0.3) is 10.1 Å². The number of aliphatic hydroxyl groups is 1. The van der Waals surface area contributed by atoms with Gasteiger partial charge in [-0.15, -0.1) is 0 Å². The minimum Gasteiger partial charge on any atom is -0.387 e. The fraction of sp³-hybridized carbons (Fsp3) is 0.833. The van der Waals surface area contributed by atoms with Crippen LogP contribution in [0.25, 0.3) is 0 Å². The van der Waals surface area contributed by atoms with Crippen LogP contribution >= 0.6 is 0 Å². The number of unbranched alkanes of at least 4 members (excludes halogenated alkanes) is 16. The normalized spacial score (nSPS) is 13.9. The molecule has 6 nitrogen and oxygen atoms in total. The number of carbonyl (C=O) groups excluding carboxylic acids is 1. The van der Waals surface area contributed by atoms with Gasteiger partial charge in [-0.3, -0.25) is 9.35 Å². The summed E-state index contributed by atoms with van der Waals surface area (Å²) < 4.78 is 32.1. The molecule has 2 unspecified atom stereocenters. The molecule has 0 fully saturated rings. The van der Waals surface area contributed by atoms with Crippen molar-refractivity contribution >= 4 is 16.0 Å². The second-order valence-corrected chi connectivity index (χ2v) is 11.9. The predicted molar refractivity (Wildman–Crippen MR) is 156 cm³/mol. The summed E-state index contributed by atoms with van der Waals surface area (Å²) in [6.45, 7) is 4.43. The summed E-state index contributed by atoms with van der Waals surface area (Å²) in [7, 11) is -4.33. The van der Waals surface area contributed by atoms with Crippen LogP contribution < -0.4 is 5.32 Å². The van der Waals surface area contributed by atoms with Crippen LogP contribution in [0.2, 0.25) is 0 Å². The molecule has 7 heteroatoms. The van der Waals surface area contributed by atoms with Crippen molar-refractivity contribution in [1.82, 2.24) is 5.32 Å². The third kappa shape index (κ3) is 26.2. The summed E-state index contributed by atoms with van der Waals surface area (Å²) in [5.74, 6) is -0.993. The maximum atomic E-state index is 12.3. The summed E-state index contributed by atoms with van der Waals surface area (Å²) in [5, 5.41) is 13.0. The highest BCUT2D eigenvalue weighted by Crippen LogP contribution is 2.11. The lowest BCUT2D eigenvalue weighted by atomic mass is 10.1. The van der Waals surface area contributed by atoms with E-state index >= 15 is 0 Å². The van der Waals surface area contributed by atoms with E-state index in [1.54, 1.807) is 0 Å². The van der Waals surface area contributed by atoms with Crippen LogP contribution in [0.15, 0.2) is 24.3 Å². The molecule has 0 aromatic heterocycles. The van der Waals surface area contributed by atoms with Gasteiger partial charge in [0.15, 0.2) is 0 Å². The van der Waals surface area contributed by atoms with E-state index in [1.807, 2.05) is 6.08 Å². The minimum atomic E-state index is -4.33. The number of hydrogen-bond donors (Lipinski definition) is 3. The highest BCUT2D eigenvalue weighted by atomic mass is 32.2. The zero-order valence-corrected chi connectivity index (χ0v) is 24.7. The fourth-order valence-corrected chi connectivity index (χ4v) is 5.06. The van der Waals surface area contributed by atoms with Gasteiger partial charge in [0.1, 0.15) is 0 Å². The van der Waals surface area contributed by atoms with E-state index in [0.717, 1.165) is 57.8 Å². The molecule has 0 bridgehead atoms. The quantitative estimate of drug-likeness (QED) is 0.0590. The maximum Gasteiger partial charge on any atom is 0.267 e. The van der Waals surface area contributed by atoms with Gasteiger partial charge in [0.05, 0.1) is 17.9 Å². The molecule has 0 aromatic rings. The summed E-state index contributed by atoms with van der Waals surface area (Å²) in [6.07, 6.45) is 28.8. The Morgan fingerprint density at radius 3 is 1.65 bits per heavy atom. The first kappa shape index (κ1) is 35.8. The van der Waals surface area contributed by atoms with Crippen LogP contribution in [0, 0.1) is 0 Å². The Labute approximate surface area is 228 Å². The topological polar surface area (TPSA) is 104 Å². The standard InChI is InChI=1S/C30H57NO5S/c1-3-5-7-9-11-13-14-15-16-18-20-22-24-26-30(33)31-28(27-37(34,35)36)29(32)25-23-21-19-17-12-10-8-6-4-2/h13-14,23,25,28-29,32H,3-12,15-22,24,26-27H2,1-2H3,(H,31,33)(H,34,35,36)/b14-13-,25-23+. The van der Waals surface area contributed by atoms with Crippen LogP contribution in [0.4, 0.5) is 0 Å². The number of carbonyl (C=O) groups is 1. The molecule has 2 atom stereocenters. The lowest BCUT2D eigenvalue weighted by molar-refractivity contribution is -0.122. The average Bonchev–Trinajstić information content (AvgIpc) is 2.84. The first-order chi connectivity index (χ1) is 17.8. The van der Waals surface area contributed by atoms with Gasteiger partial charge >= 0.3 is 0 Å². The fourth-order valence-electron chi connectivity index (χ4n) is 4.32. The summed E-state index contributed by atoms with van der Waals surface area (Å²) in [5.41, 5.74) is 0. The Kier molecular flexibility index (Phi) is 24.3.